The summed E-state index contributed by atoms with van der Waals surface area (Å²) in [5, 5.41) is 11.0. The molecule has 36 heavy (non-hydrogen) atoms. The first-order valence-corrected chi connectivity index (χ1v) is 11.9. The summed E-state index contributed by atoms with van der Waals surface area (Å²) >= 11 is 0. The number of carboxylic acids is 1. The number of hydrogen-bond donors (Lipinski definition) is 0. The third-order valence-electron chi connectivity index (χ3n) is 6.79. The minimum atomic E-state index is -1.05. The van der Waals surface area contributed by atoms with Gasteiger partial charge in [-0.15, -0.1) is 0 Å². The van der Waals surface area contributed by atoms with Crippen molar-refractivity contribution in [3.05, 3.63) is 77.4 Å². The largest absolute Gasteiger partial charge is 1.00 e. The molecule has 0 saturated carbocycles. The molecule has 0 bridgehead atoms. The van der Waals surface area contributed by atoms with Gasteiger partial charge in [-0.25, -0.2) is 0 Å². The normalized spacial score (nSPS) is 17.6. The van der Waals surface area contributed by atoms with Crippen LogP contribution in [-0.2, 0) is 11.2 Å². The second kappa shape index (κ2) is 10.2. The van der Waals surface area contributed by atoms with E-state index in [-0.39, 0.29) is 47.8 Å². The zero-order valence-electron chi connectivity index (χ0n) is 20.4. The van der Waals surface area contributed by atoms with Gasteiger partial charge in [-0.3, -0.25) is 4.57 Å². The summed E-state index contributed by atoms with van der Waals surface area (Å²) in [6, 6.07) is 20.8. The van der Waals surface area contributed by atoms with Crippen LogP contribution in [-0.4, -0.2) is 35.3 Å². The Hall–Kier alpha value is -3.00. The van der Waals surface area contributed by atoms with Crippen LogP contribution in [0.25, 0.3) is 16.7 Å². The third-order valence-corrected chi connectivity index (χ3v) is 6.79. The van der Waals surface area contributed by atoms with Crippen molar-refractivity contribution in [1.29, 1.82) is 0 Å². The molecule has 2 aliphatic rings. The first-order valence-electron chi connectivity index (χ1n) is 11.9. The van der Waals surface area contributed by atoms with Crippen LogP contribution < -0.4 is 48.9 Å². The van der Waals surface area contributed by atoms with Gasteiger partial charge in [0.05, 0.1) is 36.5 Å². The number of rotatable bonds is 7. The van der Waals surface area contributed by atoms with Crippen molar-refractivity contribution in [2.75, 3.05) is 19.8 Å². The Balaban J connectivity index is 0.00000267. The molecule has 0 radical (unpaired) electrons. The van der Waals surface area contributed by atoms with Gasteiger partial charge in [0.15, 0.2) is 0 Å². The van der Waals surface area contributed by atoms with Crippen LogP contribution in [0.2, 0.25) is 0 Å². The predicted molar refractivity (Wildman–Crippen MR) is 128 cm³/mol. The maximum absolute atomic E-state index is 11.0. The first-order chi connectivity index (χ1) is 17.1. The monoisotopic (exact) mass is 492 g/mol. The average Bonchev–Trinajstić information content (AvgIpc) is 3.54. The van der Waals surface area contributed by atoms with Gasteiger partial charge in [0.25, 0.3) is 0 Å². The van der Waals surface area contributed by atoms with E-state index in [9.17, 15) is 9.90 Å². The van der Waals surface area contributed by atoms with E-state index in [0.717, 1.165) is 51.3 Å². The van der Waals surface area contributed by atoms with Crippen molar-refractivity contribution in [2.24, 2.45) is 0 Å². The molecule has 0 amide bonds. The fourth-order valence-electron chi connectivity index (χ4n) is 5.20. The Morgan fingerprint density at radius 1 is 1.06 bits per heavy atom. The fourth-order valence-corrected chi connectivity index (χ4v) is 5.20. The maximum atomic E-state index is 11.0. The second-order valence-corrected chi connectivity index (χ2v) is 9.02. The Morgan fingerprint density at radius 2 is 1.89 bits per heavy atom. The van der Waals surface area contributed by atoms with Gasteiger partial charge < -0.3 is 24.1 Å². The summed E-state index contributed by atoms with van der Waals surface area (Å²) in [6.07, 6.45) is 0.771. The van der Waals surface area contributed by atoms with Crippen LogP contribution in [0.15, 0.2) is 60.7 Å². The maximum Gasteiger partial charge on any atom is 1.00 e. The molecule has 178 valence electrons. The van der Waals surface area contributed by atoms with Crippen molar-refractivity contribution < 1.29 is 53.7 Å². The van der Waals surface area contributed by atoms with Gasteiger partial charge in [0.2, 0.25) is 0 Å². The van der Waals surface area contributed by atoms with Crippen LogP contribution in [0.4, 0.5) is 0 Å². The summed E-state index contributed by atoms with van der Waals surface area (Å²) in [4.78, 5) is 15.7. The number of hydrogen-bond acceptors (Lipinski definition) is 6. The zero-order valence-corrected chi connectivity index (χ0v) is 22.4. The topological polar surface area (TPSA) is 85.6 Å². The summed E-state index contributed by atoms with van der Waals surface area (Å²) < 4.78 is 20.0. The Morgan fingerprint density at radius 3 is 2.72 bits per heavy atom. The number of carboxylic acid groups (broad SMARTS) is 1. The number of aliphatic carboxylic acids is 1. The predicted octanol–water partition coefficient (Wildman–Crippen LogP) is 0.763. The molecule has 2 atom stereocenters. The van der Waals surface area contributed by atoms with Crippen LogP contribution in [0.3, 0.4) is 0 Å². The van der Waals surface area contributed by atoms with Gasteiger partial charge in [-0.2, -0.15) is 4.98 Å². The molecule has 8 heteroatoms. The van der Waals surface area contributed by atoms with E-state index in [1.807, 2.05) is 54.0 Å². The SMILES string of the molecule is CCOc1nc2ccccc2n1-c1cccc2c1OC[C@H]2Cc1ccc2c(c1)OC[C@H]2CC(=O)[O-].[Na+]. The van der Waals surface area contributed by atoms with E-state index in [4.69, 9.17) is 14.2 Å². The van der Waals surface area contributed by atoms with Gasteiger partial charge in [-0.1, -0.05) is 36.4 Å². The van der Waals surface area contributed by atoms with Crippen molar-refractivity contribution in [1.82, 2.24) is 9.55 Å². The quantitative estimate of drug-likeness (QED) is 0.354. The van der Waals surface area contributed by atoms with Gasteiger partial charge in [0, 0.05) is 28.9 Å². The number of benzene rings is 3. The molecule has 1 aromatic heterocycles. The summed E-state index contributed by atoms with van der Waals surface area (Å²) in [5.74, 6) is 0.616. The van der Waals surface area contributed by atoms with E-state index in [2.05, 4.69) is 23.2 Å². The van der Waals surface area contributed by atoms with Gasteiger partial charge in [0.1, 0.15) is 11.5 Å². The number of ether oxygens (including phenoxy) is 3. The molecule has 2 aliphatic heterocycles. The van der Waals surface area contributed by atoms with Crippen molar-refractivity contribution >= 4 is 17.0 Å². The minimum absolute atomic E-state index is 0. The number of imidazole rings is 1. The molecule has 0 saturated heterocycles. The molecule has 0 aliphatic carbocycles. The fraction of sp³-hybridized carbons (Fsp3) is 0.286. The molecule has 3 aromatic carbocycles. The first kappa shape index (κ1) is 24.7. The standard InChI is InChI=1S/C28H26N2O5.Na/c1-2-33-28-29-22-7-3-4-8-23(22)30(28)24-9-5-6-21-18(16-35-27(21)24)12-17-10-11-20-19(14-26(31)32)15-34-25(20)13-17;/h3-11,13,18-19H,2,12,14-16H2,1H3,(H,31,32);/q;+1/p-1/t18-,19-;/m1./s1. The molecule has 0 spiro atoms. The zero-order chi connectivity index (χ0) is 23.9. The third kappa shape index (κ3) is 4.36. The van der Waals surface area contributed by atoms with E-state index in [1.54, 1.807) is 0 Å². The second-order valence-electron chi connectivity index (χ2n) is 9.02. The number of nitrogens with zero attached hydrogens (tertiary/aromatic N) is 2. The molecule has 0 fully saturated rings. The Labute approximate surface area is 231 Å². The van der Waals surface area contributed by atoms with Crippen LogP contribution in [0, 0.1) is 0 Å². The van der Waals surface area contributed by atoms with Crippen molar-refractivity contribution in [3.8, 4) is 23.2 Å². The Bertz CT molecular complexity index is 1430. The Kier molecular flexibility index (Phi) is 6.97. The molecule has 4 aromatic rings. The molecular weight excluding hydrogens is 467 g/mol. The van der Waals surface area contributed by atoms with E-state index < -0.39 is 5.97 Å². The van der Waals surface area contributed by atoms with Crippen molar-refractivity contribution in [3.63, 3.8) is 0 Å². The van der Waals surface area contributed by atoms with Gasteiger partial charge >= 0.3 is 35.6 Å². The number of fused-ring (bicyclic) bond motifs is 3. The van der Waals surface area contributed by atoms with E-state index >= 15 is 0 Å². The van der Waals surface area contributed by atoms with Crippen LogP contribution in [0.1, 0.15) is 41.9 Å². The van der Waals surface area contributed by atoms with Crippen LogP contribution in [0.5, 0.6) is 17.5 Å². The number of aromatic nitrogens is 2. The molecule has 3 heterocycles. The average molecular weight is 493 g/mol. The van der Waals surface area contributed by atoms with E-state index in [1.165, 1.54) is 0 Å². The molecular formula is C28H25N2NaO5. The summed E-state index contributed by atoms with van der Waals surface area (Å²) in [6.45, 7) is 3.43. The minimum Gasteiger partial charge on any atom is -0.550 e. The van der Waals surface area contributed by atoms with Crippen LogP contribution >= 0.6 is 0 Å². The number of carbonyl (C=O) groups is 1. The molecule has 7 nitrogen and oxygen atoms in total. The molecule has 6 rings (SSSR count). The molecule has 0 N–H and O–H groups in total. The summed E-state index contributed by atoms with van der Waals surface area (Å²) in [7, 11) is 0. The smallest absolute Gasteiger partial charge is 0.550 e. The molecule has 0 unspecified atom stereocenters. The van der Waals surface area contributed by atoms with Gasteiger partial charge in [-0.05, 0) is 49.6 Å². The number of carbonyl (C=O) groups excluding carboxylic acids is 1. The number of para-hydroxylation sites is 3. The van der Waals surface area contributed by atoms with Crippen molar-refractivity contribution in [2.45, 2.75) is 31.6 Å². The summed E-state index contributed by atoms with van der Waals surface area (Å²) in [5.41, 5.74) is 5.99. The van der Waals surface area contributed by atoms with E-state index in [0.29, 0.717) is 25.8 Å².